The van der Waals surface area contributed by atoms with Crippen molar-refractivity contribution >= 4 is 28.7 Å². The van der Waals surface area contributed by atoms with Crippen molar-refractivity contribution in [3.05, 3.63) is 24.3 Å². The molecule has 1 heterocycles. The van der Waals surface area contributed by atoms with E-state index in [1.165, 1.54) is 0 Å². The highest BCUT2D eigenvalue weighted by atomic mass is 32.2. The van der Waals surface area contributed by atoms with Crippen LogP contribution >= 0.6 is 11.8 Å². The fourth-order valence-corrected chi connectivity index (χ4v) is 1.72. The van der Waals surface area contributed by atoms with Gasteiger partial charge in [0.2, 0.25) is 5.95 Å². The van der Waals surface area contributed by atoms with E-state index in [9.17, 15) is 13.2 Å². The van der Waals surface area contributed by atoms with E-state index in [0.29, 0.717) is 11.0 Å². The molecule has 18 heavy (non-hydrogen) atoms. The molecule has 0 aliphatic heterocycles. The number of hydrogen-bond donors (Lipinski definition) is 1. The molecular weight excluding hydrogens is 265 g/mol. The summed E-state index contributed by atoms with van der Waals surface area (Å²) in [6.07, 6.45) is 0. The molecule has 8 heteroatoms. The smallest absolute Gasteiger partial charge is 0.352 e. The summed E-state index contributed by atoms with van der Waals surface area (Å²) >= 11 is -0.0820. The first-order valence-electron chi connectivity index (χ1n) is 5.09. The van der Waals surface area contributed by atoms with Crippen LogP contribution in [0.1, 0.15) is 0 Å². The summed E-state index contributed by atoms with van der Waals surface area (Å²) in [5.41, 5.74) is -2.91. The summed E-state index contributed by atoms with van der Waals surface area (Å²) in [6, 6.07) is 7.14. The molecular formula is C10H9F3N4S. The molecule has 2 rings (SSSR count). The Labute approximate surface area is 105 Å². The average Bonchev–Trinajstić information content (AvgIpc) is 2.33. The maximum absolute atomic E-state index is 11.9. The van der Waals surface area contributed by atoms with E-state index in [2.05, 4.69) is 20.5 Å². The van der Waals surface area contributed by atoms with Gasteiger partial charge in [0.05, 0.1) is 5.52 Å². The van der Waals surface area contributed by atoms with Crippen LogP contribution < -0.4 is 5.32 Å². The fourth-order valence-electron chi connectivity index (χ4n) is 1.29. The summed E-state index contributed by atoms with van der Waals surface area (Å²) in [7, 11) is 0. The molecule has 1 aromatic heterocycles. The maximum Gasteiger partial charge on any atom is 0.441 e. The monoisotopic (exact) mass is 274 g/mol. The molecule has 2 aromatic rings. The second-order valence-corrected chi connectivity index (χ2v) is 4.50. The second-order valence-electron chi connectivity index (χ2n) is 3.35. The molecule has 0 fully saturated rings. The SMILES string of the molecule is FC(F)(F)SCCNc1nnc2ccccc2n1. The summed E-state index contributed by atoms with van der Waals surface area (Å²) in [4.78, 5) is 4.13. The molecule has 0 radical (unpaired) electrons. The van der Waals surface area contributed by atoms with Gasteiger partial charge in [-0.15, -0.1) is 10.2 Å². The summed E-state index contributed by atoms with van der Waals surface area (Å²) < 4.78 is 35.6. The maximum atomic E-state index is 11.9. The molecule has 0 spiro atoms. The molecule has 1 aromatic carbocycles. The zero-order chi connectivity index (χ0) is 13.0. The normalized spacial score (nSPS) is 11.7. The van der Waals surface area contributed by atoms with Gasteiger partial charge in [0.1, 0.15) is 5.52 Å². The number of aromatic nitrogens is 3. The Hall–Kier alpha value is -1.57. The quantitative estimate of drug-likeness (QED) is 0.869. The molecule has 0 amide bonds. The van der Waals surface area contributed by atoms with E-state index >= 15 is 0 Å². The van der Waals surface area contributed by atoms with Crippen molar-refractivity contribution in [1.29, 1.82) is 0 Å². The number of fused-ring (bicyclic) bond motifs is 1. The molecule has 96 valence electrons. The largest absolute Gasteiger partial charge is 0.441 e. The zero-order valence-corrected chi connectivity index (χ0v) is 9.92. The Balaban J connectivity index is 1.92. The third-order valence-corrected chi connectivity index (χ3v) is 2.75. The summed E-state index contributed by atoms with van der Waals surface area (Å²) in [5.74, 6) is 0.135. The van der Waals surface area contributed by atoms with E-state index in [-0.39, 0.29) is 30.0 Å². The molecule has 0 aliphatic carbocycles. The van der Waals surface area contributed by atoms with Crippen LogP contribution in [-0.2, 0) is 0 Å². The first-order valence-corrected chi connectivity index (χ1v) is 6.07. The minimum Gasteiger partial charge on any atom is -0.352 e. The Kier molecular flexibility index (Phi) is 3.85. The number of para-hydroxylation sites is 1. The third kappa shape index (κ3) is 3.73. The van der Waals surface area contributed by atoms with Crippen LogP contribution in [0.5, 0.6) is 0 Å². The number of hydrogen-bond acceptors (Lipinski definition) is 5. The molecule has 0 aliphatic rings. The Morgan fingerprint density at radius 2 is 1.83 bits per heavy atom. The molecule has 0 bridgehead atoms. The van der Waals surface area contributed by atoms with Crippen LogP contribution in [-0.4, -0.2) is 33.0 Å². The number of alkyl halides is 3. The van der Waals surface area contributed by atoms with Gasteiger partial charge in [-0.2, -0.15) is 13.2 Å². The van der Waals surface area contributed by atoms with Crippen molar-refractivity contribution in [3.63, 3.8) is 0 Å². The summed E-state index contributed by atoms with van der Waals surface area (Å²) in [5, 5.41) is 10.4. The number of rotatable bonds is 4. The Bertz CT molecular complexity index is 532. The molecule has 0 atom stereocenters. The van der Waals surface area contributed by atoms with Gasteiger partial charge >= 0.3 is 5.51 Å². The second kappa shape index (κ2) is 5.38. The number of benzene rings is 1. The number of halogens is 3. The van der Waals surface area contributed by atoms with Crippen molar-refractivity contribution in [1.82, 2.24) is 15.2 Å². The zero-order valence-electron chi connectivity index (χ0n) is 9.11. The van der Waals surface area contributed by atoms with Crippen molar-refractivity contribution in [2.24, 2.45) is 0 Å². The third-order valence-electron chi connectivity index (χ3n) is 2.01. The minimum atomic E-state index is -4.20. The van der Waals surface area contributed by atoms with Crippen molar-refractivity contribution < 1.29 is 13.2 Å². The predicted octanol–water partition coefficient (Wildman–Crippen LogP) is 2.69. The molecule has 0 saturated heterocycles. The molecule has 0 unspecified atom stereocenters. The number of thioether (sulfide) groups is 1. The van der Waals surface area contributed by atoms with E-state index in [1.807, 2.05) is 6.07 Å². The van der Waals surface area contributed by atoms with Gasteiger partial charge < -0.3 is 5.32 Å². The molecule has 4 nitrogen and oxygen atoms in total. The number of nitrogens with one attached hydrogen (secondary N) is 1. The lowest BCUT2D eigenvalue weighted by molar-refractivity contribution is -0.0327. The van der Waals surface area contributed by atoms with Gasteiger partial charge in [0.25, 0.3) is 0 Å². The van der Waals surface area contributed by atoms with Crippen molar-refractivity contribution in [2.75, 3.05) is 17.6 Å². The van der Waals surface area contributed by atoms with Crippen LogP contribution in [0, 0.1) is 0 Å². The van der Waals surface area contributed by atoms with Crippen LogP contribution in [0.4, 0.5) is 19.1 Å². The van der Waals surface area contributed by atoms with Gasteiger partial charge in [-0.3, -0.25) is 0 Å². The highest BCUT2D eigenvalue weighted by Gasteiger charge is 2.27. The Morgan fingerprint density at radius 1 is 1.11 bits per heavy atom. The lowest BCUT2D eigenvalue weighted by Gasteiger charge is -2.06. The van der Waals surface area contributed by atoms with Gasteiger partial charge in [0, 0.05) is 12.3 Å². The van der Waals surface area contributed by atoms with Gasteiger partial charge in [0.15, 0.2) is 0 Å². The van der Waals surface area contributed by atoms with E-state index < -0.39 is 5.51 Å². The molecule has 1 N–H and O–H groups in total. The minimum absolute atomic E-state index is 0.0820. The highest BCUT2D eigenvalue weighted by Crippen LogP contribution is 2.29. The van der Waals surface area contributed by atoms with E-state index in [0.717, 1.165) is 0 Å². The topological polar surface area (TPSA) is 50.7 Å². The van der Waals surface area contributed by atoms with Crippen molar-refractivity contribution in [2.45, 2.75) is 5.51 Å². The fraction of sp³-hybridized carbons (Fsp3) is 0.300. The molecule has 0 saturated carbocycles. The van der Waals surface area contributed by atoms with E-state index in [1.54, 1.807) is 18.2 Å². The Morgan fingerprint density at radius 3 is 2.56 bits per heavy atom. The first kappa shape index (κ1) is 12.9. The van der Waals surface area contributed by atoms with Gasteiger partial charge in [-0.1, -0.05) is 12.1 Å². The average molecular weight is 274 g/mol. The number of anilines is 1. The summed E-state index contributed by atoms with van der Waals surface area (Å²) in [6.45, 7) is 0.129. The van der Waals surface area contributed by atoms with Crippen LogP contribution in [0.3, 0.4) is 0 Å². The van der Waals surface area contributed by atoms with E-state index in [4.69, 9.17) is 0 Å². The highest BCUT2D eigenvalue weighted by molar-refractivity contribution is 8.00. The van der Waals surface area contributed by atoms with Crippen molar-refractivity contribution in [3.8, 4) is 0 Å². The van der Waals surface area contributed by atoms with Gasteiger partial charge in [-0.25, -0.2) is 4.98 Å². The predicted molar refractivity (Wildman–Crippen MR) is 64.3 cm³/mol. The van der Waals surface area contributed by atoms with Crippen LogP contribution in [0.25, 0.3) is 11.0 Å². The van der Waals surface area contributed by atoms with Crippen LogP contribution in [0.2, 0.25) is 0 Å². The first-order chi connectivity index (χ1) is 8.54. The lowest BCUT2D eigenvalue weighted by Crippen LogP contribution is -2.11. The standard InChI is InChI=1S/C10H9F3N4S/c11-10(12,13)18-6-5-14-9-15-7-3-1-2-4-8(7)16-17-9/h1-4H,5-6H2,(H,14,15,17). The van der Waals surface area contributed by atoms with Gasteiger partial charge in [-0.05, 0) is 23.9 Å². The number of nitrogens with zero attached hydrogens (tertiary/aromatic N) is 3. The lowest BCUT2D eigenvalue weighted by atomic mass is 10.3. The van der Waals surface area contributed by atoms with Crippen LogP contribution in [0.15, 0.2) is 24.3 Å².